The molecule has 0 spiro atoms. The molecular formula is C17H25N5O. The average molecular weight is 315 g/mol. The van der Waals surface area contributed by atoms with E-state index in [9.17, 15) is 5.11 Å². The molecule has 0 aliphatic carbocycles. The van der Waals surface area contributed by atoms with Gasteiger partial charge in [-0.15, -0.1) is 0 Å². The first kappa shape index (κ1) is 16.1. The molecule has 6 nitrogen and oxygen atoms in total. The molecule has 3 rings (SSSR count). The summed E-state index contributed by atoms with van der Waals surface area (Å²) in [5.74, 6) is 1.43. The minimum atomic E-state index is -0.307. The highest BCUT2D eigenvalue weighted by atomic mass is 16.3. The summed E-state index contributed by atoms with van der Waals surface area (Å²) in [5, 5.41) is 17.6. The Bertz CT molecular complexity index is 654. The van der Waals surface area contributed by atoms with Gasteiger partial charge in [-0.05, 0) is 25.5 Å². The summed E-state index contributed by atoms with van der Waals surface area (Å²) < 4.78 is 0. The van der Waals surface area contributed by atoms with Gasteiger partial charge in [0.15, 0.2) is 0 Å². The Morgan fingerprint density at radius 2 is 2.17 bits per heavy atom. The van der Waals surface area contributed by atoms with E-state index in [0.717, 1.165) is 42.4 Å². The number of aliphatic hydroxyl groups is 1. The number of hydrogen-bond donors (Lipinski definition) is 2. The summed E-state index contributed by atoms with van der Waals surface area (Å²) in [4.78, 5) is 11.2. The van der Waals surface area contributed by atoms with E-state index in [1.54, 1.807) is 0 Å². The highest BCUT2D eigenvalue weighted by Crippen LogP contribution is 2.22. The topological polar surface area (TPSA) is 77.9 Å². The van der Waals surface area contributed by atoms with Gasteiger partial charge < -0.3 is 5.11 Å². The van der Waals surface area contributed by atoms with Gasteiger partial charge in [0.25, 0.3) is 0 Å². The zero-order valence-corrected chi connectivity index (χ0v) is 14.0. The highest BCUT2D eigenvalue weighted by Gasteiger charge is 2.32. The first-order chi connectivity index (χ1) is 11.0. The maximum atomic E-state index is 10.3. The lowest BCUT2D eigenvalue weighted by Gasteiger charge is -2.15. The Labute approximate surface area is 137 Å². The third-order valence-corrected chi connectivity index (χ3v) is 4.35. The molecule has 0 unspecified atom stereocenters. The van der Waals surface area contributed by atoms with Gasteiger partial charge in [-0.1, -0.05) is 13.8 Å². The molecular weight excluding hydrogens is 290 g/mol. The Balaban J connectivity index is 1.61. The lowest BCUT2D eigenvalue weighted by Crippen LogP contribution is -2.22. The smallest absolute Gasteiger partial charge is 0.131 e. The van der Waals surface area contributed by atoms with Crippen molar-refractivity contribution in [3.63, 3.8) is 0 Å². The quantitative estimate of drug-likeness (QED) is 0.877. The van der Waals surface area contributed by atoms with Crippen molar-refractivity contribution in [1.29, 1.82) is 0 Å². The van der Waals surface area contributed by atoms with Crippen molar-refractivity contribution >= 4 is 0 Å². The number of aliphatic hydroxyl groups excluding tert-OH is 1. The van der Waals surface area contributed by atoms with Crippen molar-refractivity contribution in [2.75, 3.05) is 13.1 Å². The number of aryl methyl sites for hydroxylation is 1. The number of aromatic nitrogens is 4. The molecule has 0 amide bonds. The van der Waals surface area contributed by atoms with E-state index >= 15 is 0 Å². The van der Waals surface area contributed by atoms with E-state index in [0.29, 0.717) is 12.5 Å². The minimum absolute atomic E-state index is 0.226. The number of β-amino-alcohol motifs (C(OH)–C–C–N with tert-alkyl or cyclic N) is 1. The van der Waals surface area contributed by atoms with Crippen LogP contribution in [0.15, 0.2) is 18.3 Å². The Hall–Kier alpha value is -1.79. The van der Waals surface area contributed by atoms with Crippen molar-refractivity contribution in [2.24, 2.45) is 5.92 Å². The van der Waals surface area contributed by atoms with Crippen LogP contribution in [0.5, 0.6) is 0 Å². The number of aromatic amines is 1. The largest absolute Gasteiger partial charge is 0.391 e. The van der Waals surface area contributed by atoms with Crippen LogP contribution < -0.4 is 0 Å². The molecule has 1 saturated heterocycles. The molecule has 2 aromatic heterocycles. The molecule has 2 aromatic rings. The Kier molecular flexibility index (Phi) is 4.73. The molecule has 3 heterocycles. The molecule has 0 bridgehead atoms. The number of likely N-dealkylation sites (tertiary alicyclic amines) is 1. The van der Waals surface area contributed by atoms with Crippen LogP contribution in [0.2, 0.25) is 0 Å². The van der Waals surface area contributed by atoms with Crippen LogP contribution in [-0.2, 0) is 13.0 Å². The van der Waals surface area contributed by atoms with Crippen molar-refractivity contribution in [2.45, 2.75) is 45.8 Å². The Morgan fingerprint density at radius 3 is 2.87 bits per heavy atom. The first-order valence-corrected chi connectivity index (χ1v) is 8.24. The normalized spacial score (nSPS) is 22.1. The summed E-state index contributed by atoms with van der Waals surface area (Å²) in [7, 11) is 0. The molecule has 6 heteroatoms. The van der Waals surface area contributed by atoms with E-state index in [2.05, 4.69) is 45.0 Å². The number of nitrogens with zero attached hydrogens (tertiary/aromatic N) is 4. The maximum Gasteiger partial charge on any atom is 0.131 e. The molecule has 23 heavy (non-hydrogen) atoms. The second-order valence-corrected chi connectivity index (χ2v) is 6.83. The average Bonchev–Trinajstić information content (AvgIpc) is 3.06. The zero-order chi connectivity index (χ0) is 16.4. The lowest BCUT2D eigenvalue weighted by molar-refractivity contribution is 0.140. The van der Waals surface area contributed by atoms with Gasteiger partial charge >= 0.3 is 0 Å². The summed E-state index contributed by atoms with van der Waals surface area (Å²) in [6, 6.07) is 4.01. The van der Waals surface area contributed by atoms with E-state index in [-0.39, 0.29) is 12.0 Å². The van der Waals surface area contributed by atoms with Gasteiger partial charge in [0.05, 0.1) is 17.5 Å². The summed E-state index contributed by atoms with van der Waals surface area (Å²) in [6.07, 6.45) is 2.33. The van der Waals surface area contributed by atoms with Crippen LogP contribution >= 0.6 is 0 Å². The molecule has 2 N–H and O–H groups in total. The Morgan fingerprint density at radius 1 is 1.35 bits per heavy atom. The van der Waals surface area contributed by atoms with Crippen molar-refractivity contribution < 1.29 is 5.11 Å². The third-order valence-electron chi connectivity index (χ3n) is 4.35. The van der Waals surface area contributed by atoms with E-state index in [1.807, 2.05) is 19.2 Å². The van der Waals surface area contributed by atoms with Gasteiger partial charge in [-0.2, -0.15) is 5.10 Å². The summed E-state index contributed by atoms with van der Waals surface area (Å²) in [5.41, 5.74) is 3.11. The second-order valence-electron chi connectivity index (χ2n) is 6.83. The minimum Gasteiger partial charge on any atom is -0.391 e. The van der Waals surface area contributed by atoms with Gasteiger partial charge in [0.2, 0.25) is 0 Å². The number of rotatable bonds is 5. The SMILES string of the molecule is Cc1cc(C[C@@H]2CN(Cc3ccnc(C(C)C)n3)C[C@H]2O)n[nH]1. The van der Waals surface area contributed by atoms with Gasteiger partial charge in [-0.3, -0.25) is 10.00 Å². The molecule has 1 aliphatic rings. The predicted molar refractivity (Wildman–Crippen MR) is 87.9 cm³/mol. The van der Waals surface area contributed by atoms with E-state index < -0.39 is 0 Å². The van der Waals surface area contributed by atoms with Crippen molar-refractivity contribution in [3.05, 3.63) is 41.2 Å². The van der Waals surface area contributed by atoms with Gasteiger partial charge in [0, 0.05) is 43.4 Å². The zero-order valence-electron chi connectivity index (χ0n) is 14.0. The molecule has 124 valence electrons. The van der Waals surface area contributed by atoms with Gasteiger partial charge in [-0.25, -0.2) is 9.97 Å². The molecule has 1 fully saturated rings. The lowest BCUT2D eigenvalue weighted by atomic mass is 10.0. The first-order valence-electron chi connectivity index (χ1n) is 8.24. The molecule has 2 atom stereocenters. The van der Waals surface area contributed by atoms with Crippen molar-refractivity contribution in [1.82, 2.24) is 25.1 Å². The number of nitrogens with one attached hydrogen (secondary N) is 1. The predicted octanol–water partition coefficient (Wildman–Crippen LogP) is 1.67. The van der Waals surface area contributed by atoms with Gasteiger partial charge in [0.1, 0.15) is 5.82 Å². The molecule has 0 aromatic carbocycles. The van der Waals surface area contributed by atoms with Crippen LogP contribution in [0, 0.1) is 12.8 Å². The molecule has 0 radical (unpaired) electrons. The second kappa shape index (κ2) is 6.76. The fraction of sp³-hybridized carbons (Fsp3) is 0.588. The van der Waals surface area contributed by atoms with Crippen LogP contribution in [0.4, 0.5) is 0 Å². The number of hydrogen-bond acceptors (Lipinski definition) is 5. The fourth-order valence-electron chi connectivity index (χ4n) is 3.13. The highest BCUT2D eigenvalue weighted by molar-refractivity contribution is 5.09. The van der Waals surface area contributed by atoms with E-state index in [1.165, 1.54) is 0 Å². The molecule has 0 saturated carbocycles. The van der Waals surface area contributed by atoms with Crippen LogP contribution in [0.1, 0.15) is 42.7 Å². The fourth-order valence-corrected chi connectivity index (χ4v) is 3.13. The van der Waals surface area contributed by atoms with Crippen LogP contribution in [0.3, 0.4) is 0 Å². The van der Waals surface area contributed by atoms with E-state index in [4.69, 9.17) is 0 Å². The van der Waals surface area contributed by atoms with Crippen LogP contribution in [-0.4, -0.2) is 49.4 Å². The standard InChI is InChI=1S/C17H25N5O/c1-11(2)17-18-5-4-14(19-17)9-22-8-13(16(23)10-22)7-15-6-12(3)20-21-15/h4-6,11,13,16,23H,7-10H2,1-3H3,(H,20,21)/t13-,16-/m1/s1. The molecule has 1 aliphatic heterocycles. The summed E-state index contributed by atoms with van der Waals surface area (Å²) >= 11 is 0. The maximum absolute atomic E-state index is 10.3. The number of H-pyrrole nitrogens is 1. The summed E-state index contributed by atoms with van der Waals surface area (Å²) in [6.45, 7) is 8.51. The monoisotopic (exact) mass is 315 g/mol. The third kappa shape index (κ3) is 3.95. The van der Waals surface area contributed by atoms with Crippen LogP contribution in [0.25, 0.3) is 0 Å². The van der Waals surface area contributed by atoms with Crippen molar-refractivity contribution in [3.8, 4) is 0 Å².